The van der Waals surface area contributed by atoms with Gasteiger partial charge >= 0.3 is 0 Å². The largest absolute Gasteiger partial charge is 0.497 e. The second-order valence-electron chi connectivity index (χ2n) is 7.14. The summed E-state index contributed by atoms with van der Waals surface area (Å²) < 4.78 is 16.5. The molecule has 30 heavy (non-hydrogen) atoms. The molecule has 1 unspecified atom stereocenters. The van der Waals surface area contributed by atoms with Gasteiger partial charge in [-0.2, -0.15) is 0 Å². The summed E-state index contributed by atoms with van der Waals surface area (Å²) >= 11 is 1.53. The highest BCUT2D eigenvalue weighted by Crippen LogP contribution is 2.32. The van der Waals surface area contributed by atoms with Crippen LogP contribution in [0.1, 0.15) is 34.0 Å². The lowest BCUT2D eigenvalue weighted by Gasteiger charge is -2.18. The van der Waals surface area contributed by atoms with Gasteiger partial charge in [0.15, 0.2) is 11.5 Å². The fourth-order valence-corrected chi connectivity index (χ4v) is 4.20. The molecule has 1 saturated heterocycles. The maximum Gasteiger partial charge on any atom is 0.254 e. The van der Waals surface area contributed by atoms with E-state index in [4.69, 9.17) is 14.2 Å². The quantitative estimate of drug-likeness (QED) is 0.564. The summed E-state index contributed by atoms with van der Waals surface area (Å²) in [6.45, 7) is 1.80. The van der Waals surface area contributed by atoms with Crippen LogP contribution in [0.25, 0.3) is 0 Å². The Bertz CT molecular complexity index is 989. The maximum absolute atomic E-state index is 13.0. The van der Waals surface area contributed by atoms with Gasteiger partial charge in [0.2, 0.25) is 0 Å². The van der Waals surface area contributed by atoms with Crippen LogP contribution in [0.4, 0.5) is 0 Å². The van der Waals surface area contributed by atoms with Crippen LogP contribution in [-0.2, 0) is 6.61 Å². The van der Waals surface area contributed by atoms with Gasteiger partial charge in [-0.25, -0.2) is 4.98 Å². The number of benzene rings is 2. The molecule has 4 rings (SSSR count). The van der Waals surface area contributed by atoms with Crippen molar-refractivity contribution in [2.24, 2.45) is 0 Å². The van der Waals surface area contributed by atoms with E-state index in [-0.39, 0.29) is 5.91 Å². The van der Waals surface area contributed by atoms with Crippen molar-refractivity contribution in [3.63, 3.8) is 0 Å². The van der Waals surface area contributed by atoms with E-state index < -0.39 is 0 Å². The third-order valence-electron chi connectivity index (χ3n) is 5.33. The summed E-state index contributed by atoms with van der Waals surface area (Å²) in [6.07, 6.45) is 0.948. The Labute approximate surface area is 180 Å². The van der Waals surface area contributed by atoms with Crippen molar-refractivity contribution in [2.75, 3.05) is 27.3 Å². The molecule has 1 amide bonds. The van der Waals surface area contributed by atoms with Crippen molar-refractivity contribution in [3.8, 4) is 17.2 Å². The third kappa shape index (κ3) is 4.41. The van der Waals surface area contributed by atoms with E-state index in [1.165, 1.54) is 16.9 Å². The van der Waals surface area contributed by atoms with Gasteiger partial charge in [0.05, 0.1) is 25.4 Å². The summed E-state index contributed by atoms with van der Waals surface area (Å²) in [5.41, 5.74) is 4.47. The van der Waals surface area contributed by atoms with Crippen molar-refractivity contribution in [1.82, 2.24) is 9.88 Å². The predicted molar refractivity (Wildman–Crippen MR) is 116 cm³/mol. The van der Waals surface area contributed by atoms with Crippen molar-refractivity contribution in [3.05, 3.63) is 70.2 Å². The van der Waals surface area contributed by atoms with Crippen LogP contribution in [0.2, 0.25) is 0 Å². The lowest BCUT2D eigenvalue weighted by atomic mass is 9.98. The van der Waals surface area contributed by atoms with Gasteiger partial charge in [0.25, 0.3) is 5.91 Å². The van der Waals surface area contributed by atoms with E-state index in [0.29, 0.717) is 36.1 Å². The molecule has 0 spiro atoms. The minimum Gasteiger partial charge on any atom is -0.497 e. The van der Waals surface area contributed by atoms with Gasteiger partial charge in [-0.15, -0.1) is 11.3 Å². The number of thiazole rings is 1. The molecule has 1 fully saturated rings. The molecule has 1 aliphatic rings. The Morgan fingerprint density at radius 1 is 1.13 bits per heavy atom. The number of rotatable bonds is 7. The topological polar surface area (TPSA) is 60.9 Å². The monoisotopic (exact) mass is 424 g/mol. The first-order valence-corrected chi connectivity index (χ1v) is 10.7. The molecule has 0 bridgehead atoms. The fourth-order valence-electron chi connectivity index (χ4n) is 3.66. The molecule has 1 atom stereocenters. The molecular formula is C23H24N2O4S. The molecule has 2 aromatic carbocycles. The maximum atomic E-state index is 13.0. The highest BCUT2D eigenvalue weighted by molar-refractivity contribution is 7.07. The molecule has 0 N–H and O–H groups in total. The number of carbonyl (C=O) groups excluding carboxylic acids is 1. The molecule has 6 nitrogen and oxygen atoms in total. The molecule has 0 aliphatic carbocycles. The van der Waals surface area contributed by atoms with Crippen LogP contribution in [0.3, 0.4) is 0 Å². The van der Waals surface area contributed by atoms with Crippen LogP contribution >= 0.6 is 11.3 Å². The van der Waals surface area contributed by atoms with Gasteiger partial charge in [0.1, 0.15) is 12.4 Å². The number of likely N-dealkylation sites (tertiary alicyclic amines) is 1. The Kier molecular flexibility index (Phi) is 6.18. The smallest absolute Gasteiger partial charge is 0.254 e. The van der Waals surface area contributed by atoms with Gasteiger partial charge in [-0.3, -0.25) is 4.79 Å². The number of carbonyl (C=O) groups is 1. The van der Waals surface area contributed by atoms with E-state index in [1.54, 1.807) is 37.9 Å². The van der Waals surface area contributed by atoms with Crippen LogP contribution in [-0.4, -0.2) is 43.1 Å². The standard InChI is InChI=1S/C23H24N2O4S/c1-27-20-6-3-16(4-7-20)18-9-10-25(12-18)23(26)17-5-8-21(22(11-17)28-2)29-13-19-14-30-15-24-19/h3-8,11,14-15,18H,9-10,12-13H2,1-2H3. The highest BCUT2D eigenvalue weighted by Gasteiger charge is 2.28. The first kappa shape index (κ1) is 20.2. The molecule has 1 aromatic heterocycles. The summed E-state index contributed by atoms with van der Waals surface area (Å²) in [5, 5.41) is 1.94. The summed E-state index contributed by atoms with van der Waals surface area (Å²) in [7, 11) is 3.24. The van der Waals surface area contributed by atoms with Crippen LogP contribution in [0, 0.1) is 0 Å². The van der Waals surface area contributed by atoms with Crippen molar-refractivity contribution >= 4 is 17.2 Å². The van der Waals surface area contributed by atoms with E-state index in [9.17, 15) is 4.79 Å². The minimum absolute atomic E-state index is 0.00960. The van der Waals surface area contributed by atoms with E-state index in [0.717, 1.165) is 24.4 Å². The fraction of sp³-hybridized carbons (Fsp3) is 0.304. The Morgan fingerprint density at radius 3 is 2.67 bits per heavy atom. The molecule has 2 heterocycles. The lowest BCUT2D eigenvalue weighted by molar-refractivity contribution is 0.0790. The minimum atomic E-state index is 0.00960. The first-order valence-electron chi connectivity index (χ1n) is 9.79. The number of aromatic nitrogens is 1. The predicted octanol–water partition coefficient (Wildman–Crippen LogP) is 4.37. The number of methoxy groups -OCH3 is 2. The number of nitrogens with zero attached hydrogens (tertiary/aromatic N) is 2. The molecule has 3 aromatic rings. The average molecular weight is 425 g/mol. The van der Waals surface area contributed by atoms with Crippen LogP contribution in [0.5, 0.6) is 17.2 Å². The van der Waals surface area contributed by atoms with E-state index in [1.807, 2.05) is 22.4 Å². The van der Waals surface area contributed by atoms with Crippen molar-refractivity contribution in [2.45, 2.75) is 18.9 Å². The lowest BCUT2D eigenvalue weighted by Crippen LogP contribution is -2.28. The third-order valence-corrected chi connectivity index (χ3v) is 5.97. The second kappa shape index (κ2) is 9.17. The summed E-state index contributed by atoms with van der Waals surface area (Å²) in [6, 6.07) is 13.4. The first-order chi connectivity index (χ1) is 14.7. The van der Waals surface area contributed by atoms with Gasteiger partial charge < -0.3 is 19.1 Å². The zero-order valence-corrected chi connectivity index (χ0v) is 17.9. The van der Waals surface area contributed by atoms with Gasteiger partial charge in [-0.05, 0) is 42.3 Å². The normalized spacial score (nSPS) is 15.8. The molecule has 156 valence electrons. The van der Waals surface area contributed by atoms with Crippen molar-refractivity contribution in [1.29, 1.82) is 0 Å². The number of ether oxygens (including phenoxy) is 3. The average Bonchev–Trinajstić information content (AvgIpc) is 3.49. The van der Waals surface area contributed by atoms with Gasteiger partial charge in [-0.1, -0.05) is 12.1 Å². The Morgan fingerprint density at radius 2 is 1.97 bits per heavy atom. The zero-order valence-electron chi connectivity index (χ0n) is 17.0. The van der Waals surface area contributed by atoms with Gasteiger partial charge in [0, 0.05) is 30.0 Å². The van der Waals surface area contributed by atoms with E-state index in [2.05, 4.69) is 17.1 Å². The Hall–Kier alpha value is -3.06. The Balaban J connectivity index is 1.42. The number of hydrogen-bond acceptors (Lipinski definition) is 6. The number of amides is 1. The zero-order chi connectivity index (χ0) is 20.9. The molecule has 1 aliphatic heterocycles. The van der Waals surface area contributed by atoms with E-state index >= 15 is 0 Å². The summed E-state index contributed by atoms with van der Waals surface area (Å²) in [4.78, 5) is 19.2. The molecular weight excluding hydrogens is 400 g/mol. The highest BCUT2D eigenvalue weighted by atomic mass is 32.1. The molecule has 0 saturated carbocycles. The van der Waals surface area contributed by atoms with Crippen LogP contribution < -0.4 is 14.2 Å². The molecule has 7 heteroatoms. The molecule has 0 radical (unpaired) electrons. The SMILES string of the molecule is COc1ccc(C2CCN(C(=O)c3ccc(OCc4cscn4)c(OC)c3)C2)cc1. The van der Waals surface area contributed by atoms with Crippen molar-refractivity contribution < 1.29 is 19.0 Å². The summed E-state index contributed by atoms with van der Waals surface area (Å²) in [5.74, 6) is 2.33. The van der Waals surface area contributed by atoms with Crippen LogP contribution in [0.15, 0.2) is 53.4 Å². The number of hydrogen-bond donors (Lipinski definition) is 0. The second-order valence-corrected chi connectivity index (χ2v) is 7.86.